The first-order valence-electron chi connectivity index (χ1n) is 5.82. The Bertz CT molecular complexity index is 367. The Morgan fingerprint density at radius 1 is 1.13 bits per heavy atom. The molecule has 4 nitrogen and oxygen atoms in total. The van der Waals surface area contributed by atoms with Crippen LogP contribution in [0.4, 0.5) is 0 Å². The van der Waals surface area contributed by atoms with E-state index in [1.165, 1.54) is 0 Å². The molecule has 1 rings (SSSR count). The predicted molar refractivity (Wildman–Crippen MR) is 58.9 cm³/mol. The van der Waals surface area contributed by atoms with Crippen molar-refractivity contribution in [3.8, 4) is 5.75 Å². The van der Waals surface area contributed by atoms with Gasteiger partial charge in [-0.2, -0.15) is 0 Å². The number of ether oxygens (including phenoxy) is 1. The molecule has 0 fully saturated rings. The second-order valence-corrected chi connectivity index (χ2v) is 5.98. The average molecular weight is 234 g/mol. The van der Waals surface area contributed by atoms with Crippen molar-refractivity contribution in [2.75, 3.05) is 0 Å². The lowest BCUT2D eigenvalue weighted by Crippen LogP contribution is -2.48. The summed E-state index contributed by atoms with van der Waals surface area (Å²) in [5.41, 5.74) is -0.320. The van der Waals surface area contributed by atoms with E-state index >= 15 is 0 Å². The van der Waals surface area contributed by atoms with Crippen LogP contribution in [-0.2, 0) is 0 Å². The molecule has 0 saturated carbocycles. The summed E-state index contributed by atoms with van der Waals surface area (Å²) in [6, 6.07) is 6.43. The van der Waals surface area contributed by atoms with Crippen molar-refractivity contribution in [1.82, 2.24) is 0 Å². The Hall–Kier alpha value is -0.883. The van der Waals surface area contributed by atoms with Crippen molar-refractivity contribution in [3.05, 3.63) is 24.3 Å². The van der Waals surface area contributed by atoms with Crippen LogP contribution in [0.1, 0.15) is 20.8 Å². The molecule has 0 amide bonds. The second kappa shape index (κ2) is 3.94. The van der Waals surface area contributed by atoms with Gasteiger partial charge in [-0.05, 0) is 32.9 Å². The maximum Gasteiger partial charge on any atom is 0.528 e. The van der Waals surface area contributed by atoms with E-state index in [0.717, 1.165) is 0 Å². The molecule has 0 aliphatic rings. The normalized spacial score (nSPS) is 15.3. The molecule has 0 aliphatic heterocycles. The fraction of sp³-hybridized carbons (Fsp3) is 0.400. The molecule has 0 spiro atoms. The summed E-state index contributed by atoms with van der Waals surface area (Å²) in [6.45, 7) is 5.77. The molecule has 0 aromatic heterocycles. The van der Waals surface area contributed by atoms with Crippen LogP contribution in [0.25, 0.3) is 0 Å². The highest BCUT2D eigenvalue weighted by molar-refractivity contribution is 6.71. The summed E-state index contributed by atoms with van der Waals surface area (Å²) in [4.78, 5) is 12.9. The number of hydrogen-bond acceptors (Lipinski definition) is 4. The average Bonchev–Trinajstić information content (AvgIpc) is 2.32. The van der Waals surface area contributed by atoms with Crippen LogP contribution in [0.2, 0.25) is 0 Å². The van der Waals surface area contributed by atoms with E-state index in [1.807, 2.05) is 20.8 Å². The molecule has 15 heavy (non-hydrogen) atoms. The van der Waals surface area contributed by atoms with E-state index in [-0.39, 0.29) is 5.60 Å². The van der Waals surface area contributed by atoms with Gasteiger partial charge in [-0.25, -0.2) is 0 Å². The van der Waals surface area contributed by atoms with Crippen molar-refractivity contribution in [3.63, 3.8) is 0 Å². The van der Waals surface area contributed by atoms with Crippen molar-refractivity contribution < 1.29 is 19.1 Å². The summed E-state index contributed by atoms with van der Waals surface area (Å²) in [7, 11) is -3.73. The molecule has 1 aromatic carbocycles. The van der Waals surface area contributed by atoms with Crippen molar-refractivity contribution in [2.45, 2.75) is 26.4 Å². The monoisotopic (exact) mass is 234 g/mol. The lowest BCUT2D eigenvalue weighted by atomic mass is 10.2. The molecule has 0 unspecified atom stereocenters. The topological polar surface area (TPSA) is 69.9 Å². The molecule has 84 valence electrons. The van der Waals surface area contributed by atoms with Gasteiger partial charge in [-0.1, -0.05) is 12.1 Å². The maximum atomic E-state index is 6.88. The van der Waals surface area contributed by atoms with Gasteiger partial charge in [0.25, 0.3) is 0 Å². The third-order valence-corrected chi connectivity index (χ3v) is 2.67. The molecule has 1 aromatic rings. The van der Waals surface area contributed by atoms with Crippen LogP contribution in [0.15, 0.2) is 24.3 Å². The highest BCUT2D eigenvalue weighted by Gasteiger charge is 2.30. The van der Waals surface area contributed by atoms with Crippen molar-refractivity contribution in [1.29, 1.82) is 4.29 Å². The van der Waals surface area contributed by atoms with Crippen molar-refractivity contribution in [2.24, 2.45) is 0 Å². The minimum Gasteiger partial charge on any atom is -0.488 e. The van der Waals surface area contributed by atoms with Gasteiger partial charge in [0, 0.05) is 5.19 Å². The maximum absolute atomic E-state index is 6.88. The standard InChI is InChI=1S/C10H16O4Si/c1-10(2,3)14-8-4-6-9(7-5-8)15(11,12)13/h4-7,11-13H,1-3H3/i11T,12T,13T. The second-order valence-electron chi connectivity index (χ2n) is 4.29. The molecule has 5 heteroatoms. The van der Waals surface area contributed by atoms with Crippen LogP contribution in [0, 0.1) is 0 Å². The molecular formula is C10H16O4Si. The molecule has 0 aliphatic carbocycles. The number of hydrogen-bond donors (Lipinski definition) is 3. The first kappa shape index (κ1) is 8.29. The Kier molecular flexibility index (Phi) is 2.18. The first-order valence-corrected chi connectivity index (χ1v) is 6.32. The van der Waals surface area contributed by atoms with E-state index in [2.05, 4.69) is 14.4 Å². The zero-order valence-corrected chi connectivity index (χ0v) is 9.94. The quantitative estimate of drug-likeness (QED) is 0.627. The fourth-order valence-corrected chi connectivity index (χ4v) is 1.66. The predicted octanol–water partition coefficient (Wildman–Crippen LogP) is -0.0133. The molecule has 0 bridgehead atoms. The van der Waals surface area contributed by atoms with Gasteiger partial charge >= 0.3 is 8.80 Å². The van der Waals surface area contributed by atoms with Gasteiger partial charge in [0.05, 0.1) is 0 Å². The van der Waals surface area contributed by atoms with E-state index in [9.17, 15) is 0 Å². The van der Waals surface area contributed by atoms with E-state index in [4.69, 9.17) is 9.03 Å². The largest absolute Gasteiger partial charge is 0.528 e. The summed E-state index contributed by atoms with van der Waals surface area (Å²) < 4.78 is 26.3. The van der Waals surface area contributed by atoms with E-state index in [0.29, 0.717) is 10.9 Å². The van der Waals surface area contributed by atoms with Gasteiger partial charge in [-0.15, -0.1) is 0 Å². The van der Waals surface area contributed by atoms with Gasteiger partial charge in [0.1, 0.15) is 11.4 Å². The van der Waals surface area contributed by atoms with Gasteiger partial charge in [0.15, 0.2) is 4.29 Å². The number of rotatable bonds is 5. The molecular weight excluding hydrogens is 212 g/mol. The molecule has 0 saturated heterocycles. The fourth-order valence-electron chi connectivity index (χ4n) is 1.08. The van der Waals surface area contributed by atoms with Crippen LogP contribution in [0.5, 0.6) is 5.75 Å². The third kappa shape index (κ3) is 4.01. The third-order valence-electron chi connectivity index (χ3n) is 1.63. The van der Waals surface area contributed by atoms with Crippen LogP contribution in [0.3, 0.4) is 0 Å². The minimum absolute atomic E-state index is 0.320. The summed E-state index contributed by atoms with van der Waals surface area (Å²) in [6.07, 6.45) is 0. The summed E-state index contributed by atoms with van der Waals surface area (Å²) in [5, 5.41) is 0.351. The number of benzene rings is 1. The Balaban J connectivity index is 2.94. The highest BCUT2D eigenvalue weighted by atomic mass is 28.4. The zero-order chi connectivity index (χ0) is 13.8. The zero-order valence-electron chi connectivity index (χ0n) is 11.9. The SMILES string of the molecule is [3H]O[Si](O[3H])(O[3H])c1ccc(OC(C)(C)C)cc1. The highest BCUT2D eigenvalue weighted by Crippen LogP contribution is 2.16. The van der Waals surface area contributed by atoms with E-state index in [1.54, 1.807) is 24.3 Å². The summed E-state index contributed by atoms with van der Waals surface area (Å²) >= 11 is 0. The smallest absolute Gasteiger partial charge is 0.488 e. The molecule has 0 heterocycles. The first-order chi connectivity index (χ1) is 8.37. The van der Waals surface area contributed by atoms with Crippen LogP contribution < -0.4 is 9.92 Å². The lowest BCUT2D eigenvalue weighted by Gasteiger charge is -2.21. The van der Waals surface area contributed by atoms with E-state index < -0.39 is 8.80 Å². The van der Waals surface area contributed by atoms with Crippen LogP contribution >= 0.6 is 0 Å². The lowest BCUT2D eigenvalue weighted by molar-refractivity contribution is 0.131. The summed E-state index contributed by atoms with van der Waals surface area (Å²) in [5.74, 6) is 0.633. The van der Waals surface area contributed by atoms with Gasteiger partial charge < -0.3 is 19.1 Å². The van der Waals surface area contributed by atoms with Crippen LogP contribution in [-0.4, -0.2) is 33.1 Å². The molecule has 0 radical (unpaired) electrons. The Morgan fingerprint density at radius 3 is 2.07 bits per heavy atom. The molecule has 0 atom stereocenters. The Labute approximate surface area is 94.6 Å². The van der Waals surface area contributed by atoms with Gasteiger partial charge in [0.2, 0.25) is 0 Å². The Morgan fingerprint density at radius 2 is 1.67 bits per heavy atom. The molecule has 3 N–H and O–H groups in total. The van der Waals surface area contributed by atoms with Gasteiger partial charge in [-0.3, -0.25) is 0 Å². The minimum atomic E-state index is -3.73. The van der Waals surface area contributed by atoms with Crippen molar-refractivity contribution >= 4 is 14.0 Å².